The monoisotopic (exact) mass is 291 g/mol. The van der Waals surface area contributed by atoms with Gasteiger partial charge in [0.05, 0.1) is 24.7 Å². The van der Waals surface area contributed by atoms with Crippen LogP contribution < -0.4 is 5.73 Å². The highest BCUT2D eigenvalue weighted by molar-refractivity contribution is 5.76. The highest BCUT2D eigenvalue weighted by Crippen LogP contribution is 2.34. The standard InChI is InChI=1S/C16H21NO4/c17-16(9-21-10-16)13-3-1-11(2-4-13)14(15(18)19)12-5-7-20-8-6-12/h1-4,12,14H,5-10,17H2,(H,18,19). The van der Waals surface area contributed by atoms with E-state index >= 15 is 0 Å². The van der Waals surface area contributed by atoms with Crippen LogP contribution in [0, 0.1) is 5.92 Å². The number of carboxylic acid groups (broad SMARTS) is 1. The maximum Gasteiger partial charge on any atom is 0.311 e. The molecule has 0 bridgehead atoms. The predicted octanol–water partition coefficient (Wildman–Crippen LogP) is 1.47. The molecule has 2 aliphatic heterocycles. The Bertz CT molecular complexity index is 504. The Morgan fingerprint density at radius 1 is 1.19 bits per heavy atom. The summed E-state index contributed by atoms with van der Waals surface area (Å²) in [7, 11) is 0. The minimum atomic E-state index is -0.760. The van der Waals surface area contributed by atoms with Gasteiger partial charge in [-0.1, -0.05) is 24.3 Å². The zero-order chi connectivity index (χ0) is 14.9. The van der Waals surface area contributed by atoms with Crippen molar-refractivity contribution in [2.45, 2.75) is 24.3 Å². The summed E-state index contributed by atoms with van der Waals surface area (Å²) in [5, 5.41) is 9.58. The van der Waals surface area contributed by atoms with Crippen LogP contribution in [0.25, 0.3) is 0 Å². The second-order valence-electron chi connectivity index (χ2n) is 6.04. The number of hydrogen-bond acceptors (Lipinski definition) is 4. The van der Waals surface area contributed by atoms with E-state index in [1.54, 1.807) is 0 Å². The van der Waals surface area contributed by atoms with Crippen LogP contribution in [-0.4, -0.2) is 37.5 Å². The normalized spacial score (nSPS) is 23.3. The Balaban J connectivity index is 1.81. The third kappa shape index (κ3) is 2.81. The fourth-order valence-electron chi connectivity index (χ4n) is 3.18. The van der Waals surface area contributed by atoms with Gasteiger partial charge in [0, 0.05) is 13.2 Å². The summed E-state index contributed by atoms with van der Waals surface area (Å²) in [6.07, 6.45) is 1.60. The van der Waals surface area contributed by atoms with Crippen molar-refractivity contribution in [3.05, 3.63) is 35.4 Å². The Hall–Kier alpha value is -1.43. The lowest BCUT2D eigenvalue weighted by atomic mass is 9.80. The maximum atomic E-state index is 11.7. The molecule has 114 valence electrons. The molecular weight excluding hydrogens is 270 g/mol. The van der Waals surface area contributed by atoms with Gasteiger partial charge in [0.2, 0.25) is 0 Å². The molecule has 0 saturated carbocycles. The van der Waals surface area contributed by atoms with Crippen molar-refractivity contribution in [3.8, 4) is 0 Å². The average molecular weight is 291 g/mol. The van der Waals surface area contributed by atoms with Crippen molar-refractivity contribution in [3.63, 3.8) is 0 Å². The van der Waals surface area contributed by atoms with E-state index in [1.165, 1.54) is 0 Å². The minimum absolute atomic E-state index is 0.140. The van der Waals surface area contributed by atoms with E-state index < -0.39 is 17.4 Å². The molecule has 0 aliphatic carbocycles. The van der Waals surface area contributed by atoms with Crippen LogP contribution in [0.15, 0.2) is 24.3 Å². The van der Waals surface area contributed by atoms with Gasteiger partial charge < -0.3 is 20.3 Å². The summed E-state index contributed by atoms with van der Waals surface area (Å²) >= 11 is 0. The Kier molecular flexibility index (Phi) is 3.97. The van der Waals surface area contributed by atoms with Gasteiger partial charge in [0.15, 0.2) is 0 Å². The van der Waals surface area contributed by atoms with Gasteiger partial charge in [-0.2, -0.15) is 0 Å². The molecule has 1 aromatic carbocycles. The van der Waals surface area contributed by atoms with Crippen molar-refractivity contribution < 1.29 is 19.4 Å². The lowest BCUT2D eigenvalue weighted by molar-refractivity contribution is -0.141. The molecule has 0 spiro atoms. The number of rotatable bonds is 4. The third-order valence-electron chi connectivity index (χ3n) is 4.57. The molecule has 21 heavy (non-hydrogen) atoms. The highest BCUT2D eigenvalue weighted by atomic mass is 16.5. The van der Waals surface area contributed by atoms with Gasteiger partial charge >= 0.3 is 5.97 Å². The van der Waals surface area contributed by atoms with Crippen LogP contribution in [0.5, 0.6) is 0 Å². The first kappa shape index (κ1) is 14.5. The van der Waals surface area contributed by atoms with E-state index in [4.69, 9.17) is 15.2 Å². The van der Waals surface area contributed by atoms with E-state index in [-0.39, 0.29) is 5.92 Å². The zero-order valence-electron chi connectivity index (χ0n) is 12.0. The lowest BCUT2D eigenvalue weighted by Crippen LogP contribution is -2.54. The number of aliphatic carboxylic acids is 1. The summed E-state index contributed by atoms with van der Waals surface area (Å²) in [4.78, 5) is 11.7. The first-order valence-electron chi connectivity index (χ1n) is 7.38. The summed E-state index contributed by atoms with van der Waals surface area (Å²) in [5.74, 6) is -1.08. The van der Waals surface area contributed by atoms with Crippen molar-refractivity contribution in [1.29, 1.82) is 0 Å². The van der Waals surface area contributed by atoms with E-state index in [2.05, 4.69) is 0 Å². The summed E-state index contributed by atoms with van der Waals surface area (Å²) in [6.45, 7) is 2.34. The van der Waals surface area contributed by atoms with Crippen LogP contribution in [0.2, 0.25) is 0 Å². The molecule has 3 N–H and O–H groups in total. The molecule has 1 unspecified atom stereocenters. The van der Waals surface area contributed by atoms with Crippen LogP contribution in [-0.2, 0) is 19.8 Å². The zero-order valence-corrected chi connectivity index (χ0v) is 12.0. The molecular formula is C16H21NO4. The lowest BCUT2D eigenvalue weighted by Gasteiger charge is -2.38. The first-order valence-corrected chi connectivity index (χ1v) is 7.38. The molecule has 1 aromatic rings. The molecule has 3 rings (SSSR count). The van der Waals surface area contributed by atoms with Crippen molar-refractivity contribution in [2.75, 3.05) is 26.4 Å². The van der Waals surface area contributed by atoms with Crippen molar-refractivity contribution in [1.82, 2.24) is 0 Å². The fourth-order valence-corrected chi connectivity index (χ4v) is 3.18. The van der Waals surface area contributed by atoms with E-state index in [0.717, 1.165) is 24.0 Å². The summed E-state index contributed by atoms with van der Waals surface area (Å²) in [5.41, 5.74) is 7.65. The topological polar surface area (TPSA) is 81.8 Å². The molecule has 0 amide bonds. The molecule has 2 aliphatic rings. The first-order chi connectivity index (χ1) is 10.1. The second kappa shape index (κ2) is 5.75. The molecule has 0 aromatic heterocycles. The van der Waals surface area contributed by atoms with E-state index in [9.17, 15) is 9.90 Å². The van der Waals surface area contributed by atoms with Gasteiger partial charge in [-0.05, 0) is 29.9 Å². The number of carbonyl (C=O) groups is 1. The average Bonchev–Trinajstić information content (AvgIpc) is 2.46. The Morgan fingerprint density at radius 2 is 1.81 bits per heavy atom. The van der Waals surface area contributed by atoms with Gasteiger partial charge in [0.25, 0.3) is 0 Å². The quantitative estimate of drug-likeness (QED) is 0.878. The second-order valence-corrected chi connectivity index (χ2v) is 6.04. The number of ether oxygens (including phenoxy) is 2. The molecule has 1 atom stereocenters. The molecule has 5 nitrogen and oxygen atoms in total. The number of hydrogen-bond donors (Lipinski definition) is 2. The molecule has 2 saturated heterocycles. The third-order valence-corrected chi connectivity index (χ3v) is 4.57. The van der Waals surface area contributed by atoms with E-state index in [0.29, 0.717) is 26.4 Å². The summed E-state index contributed by atoms with van der Waals surface area (Å²) in [6, 6.07) is 7.67. The Labute approximate surface area is 124 Å². The van der Waals surface area contributed by atoms with Gasteiger partial charge in [-0.15, -0.1) is 0 Å². The minimum Gasteiger partial charge on any atom is -0.481 e. The van der Waals surface area contributed by atoms with Crippen LogP contribution >= 0.6 is 0 Å². The van der Waals surface area contributed by atoms with Crippen LogP contribution in [0.4, 0.5) is 0 Å². The van der Waals surface area contributed by atoms with Gasteiger partial charge in [0.1, 0.15) is 0 Å². The van der Waals surface area contributed by atoms with E-state index in [1.807, 2.05) is 24.3 Å². The van der Waals surface area contributed by atoms with Crippen LogP contribution in [0.3, 0.4) is 0 Å². The summed E-state index contributed by atoms with van der Waals surface area (Å²) < 4.78 is 10.5. The fraction of sp³-hybridized carbons (Fsp3) is 0.562. The molecule has 2 heterocycles. The number of nitrogens with two attached hydrogens (primary N) is 1. The molecule has 0 radical (unpaired) electrons. The largest absolute Gasteiger partial charge is 0.481 e. The molecule has 2 fully saturated rings. The molecule has 5 heteroatoms. The number of benzene rings is 1. The van der Waals surface area contributed by atoms with Gasteiger partial charge in [-0.3, -0.25) is 4.79 Å². The van der Waals surface area contributed by atoms with Crippen LogP contribution in [0.1, 0.15) is 29.9 Å². The van der Waals surface area contributed by atoms with Crippen molar-refractivity contribution >= 4 is 5.97 Å². The Morgan fingerprint density at radius 3 is 2.29 bits per heavy atom. The predicted molar refractivity (Wildman–Crippen MR) is 77.0 cm³/mol. The number of carboxylic acids is 1. The van der Waals surface area contributed by atoms with Gasteiger partial charge in [-0.25, -0.2) is 0 Å². The SMILES string of the molecule is NC1(c2ccc(C(C(=O)O)C3CCOCC3)cc2)COC1. The smallest absolute Gasteiger partial charge is 0.311 e. The van der Waals surface area contributed by atoms with Crippen molar-refractivity contribution in [2.24, 2.45) is 11.7 Å². The highest BCUT2D eigenvalue weighted by Gasteiger charge is 2.36. The maximum absolute atomic E-state index is 11.7.